The summed E-state index contributed by atoms with van der Waals surface area (Å²) in [7, 11) is 0. The minimum absolute atomic E-state index is 0.0474. The minimum Gasteiger partial charge on any atom is -0.493 e. The van der Waals surface area contributed by atoms with Gasteiger partial charge in [0.05, 0.1) is 13.2 Å². The number of nitrogens with zero attached hydrogens (tertiary/aromatic N) is 6. The van der Waals surface area contributed by atoms with E-state index in [0.29, 0.717) is 24.6 Å². The van der Waals surface area contributed by atoms with Gasteiger partial charge in [0.1, 0.15) is 11.4 Å². The van der Waals surface area contributed by atoms with Crippen LogP contribution in [0.25, 0.3) is 22.5 Å². The van der Waals surface area contributed by atoms with Crippen molar-refractivity contribution in [2.45, 2.75) is 45.2 Å². The van der Waals surface area contributed by atoms with E-state index in [2.05, 4.69) is 82.9 Å². The van der Waals surface area contributed by atoms with Crippen molar-refractivity contribution in [1.29, 1.82) is 0 Å². The second-order valence-corrected chi connectivity index (χ2v) is 12.6. The Bertz CT molecular complexity index is 2150. The summed E-state index contributed by atoms with van der Waals surface area (Å²) in [5.74, 6) is 0.472. The summed E-state index contributed by atoms with van der Waals surface area (Å²) >= 11 is 0. The van der Waals surface area contributed by atoms with Gasteiger partial charge in [0, 0.05) is 12.0 Å². The molecule has 0 saturated heterocycles. The van der Waals surface area contributed by atoms with Gasteiger partial charge in [-0.2, -0.15) is 0 Å². The van der Waals surface area contributed by atoms with Crippen LogP contribution in [0, 0.1) is 0 Å². The van der Waals surface area contributed by atoms with Crippen molar-refractivity contribution in [2.24, 2.45) is 0 Å². The molecule has 0 radical (unpaired) electrons. The molecule has 0 amide bonds. The van der Waals surface area contributed by atoms with Crippen LogP contribution < -0.4 is 0 Å². The van der Waals surface area contributed by atoms with Crippen LogP contribution in [-0.4, -0.2) is 47.4 Å². The van der Waals surface area contributed by atoms with Gasteiger partial charge in [-0.05, 0) is 57.2 Å². The van der Waals surface area contributed by atoms with Crippen LogP contribution in [0.3, 0.4) is 0 Å². The van der Waals surface area contributed by atoms with Crippen LogP contribution >= 0.6 is 0 Å². The third-order valence-electron chi connectivity index (χ3n) is 9.38. The Balaban J connectivity index is 1.31. The summed E-state index contributed by atoms with van der Waals surface area (Å²) in [5.41, 5.74) is 5.90. The van der Waals surface area contributed by atoms with Crippen molar-refractivity contribution in [3.63, 3.8) is 0 Å². The molecule has 7 aromatic rings. The molecule has 9 nitrogen and oxygen atoms in total. The average Bonchev–Trinajstić information content (AvgIpc) is 3.81. The van der Waals surface area contributed by atoms with Crippen molar-refractivity contribution in [1.82, 2.24) is 29.8 Å². The molecule has 7 rings (SSSR count). The molecular formula is C43H40N6O3. The van der Waals surface area contributed by atoms with Crippen molar-refractivity contribution in [3.8, 4) is 28.4 Å². The molecule has 0 bridgehead atoms. The SMILES string of the molecule is CCCCc1nc(C(=O)OCC)c(O)n1Cc1ccc(-c2ccccc2-c2nnnn2C(c2ccccc2)(c2ccccc2)c2ccccc2)cc1. The number of tetrazole rings is 1. The molecular weight excluding hydrogens is 649 g/mol. The van der Waals surface area contributed by atoms with Crippen molar-refractivity contribution < 1.29 is 14.6 Å². The number of aromatic hydroxyl groups is 1. The highest BCUT2D eigenvalue weighted by molar-refractivity contribution is 5.90. The van der Waals surface area contributed by atoms with Crippen molar-refractivity contribution >= 4 is 5.97 Å². The number of rotatable bonds is 13. The maximum Gasteiger partial charge on any atom is 0.362 e. The van der Waals surface area contributed by atoms with Gasteiger partial charge in [0.25, 0.3) is 0 Å². The Morgan fingerprint density at radius 2 is 1.29 bits per heavy atom. The summed E-state index contributed by atoms with van der Waals surface area (Å²) in [6.45, 7) is 4.39. The lowest BCUT2D eigenvalue weighted by Gasteiger charge is -2.36. The number of unbranched alkanes of at least 4 members (excludes halogenated alkanes) is 1. The van der Waals surface area contributed by atoms with Crippen molar-refractivity contribution in [2.75, 3.05) is 6.61 Å². The highest BCUT2D eigenvalue weighted by Gasteiger charge is 2.42. The van der Waals surface area contributed by atoms with Crippen LogP contribution in [0.5, 0.6) is 5.88 Å². The number of aromatic nitrogens is 6. The summed E-state index contributed by atoms with van der Waals surface area (Å²) in [6.07, 6.45) is 2.48. The second kappa shape index (κ2) is 15.3. The molecule has 0 fully saturated rings. The molecule has 0 aliphatic heterocycles. The second-order valence-electron chi connectivity index (χ2n) is 12.6. The lowest BCUT2D eigenvalue weighted by Crippen LogP contribution is -2.39. The fourth-order valence-electron chi connectivity index (χ4n) is 6.91. The Hall–Kier alpha value is -6.35. The number of hydrogen-bond acceptors (Lipinski definition) is 7. The quantitative estimate of drug-likeness (QED) is 0.0959. The van der Waals surface area contributed by atoms with E-state index in [1.807, 2.05) is 83.5 Å². The number of ether oxygens (including phenoxy) is 1. The summed E-state index contributed by atoms with van der Waals surface area (Å²) in [5, 5.41) is 24.8. The number of hydrogen-bond donors (Lipinski definition) is 1. The summed E-state index contributed by atoms with van der Waals surface area (Å²) in [6, 6.07) is 47.4. The third kappa shape index (κ3) is 6.37. The van der Waals surface area contributed by atoms with E-state index in [4.69, 9.17) is 9.95 Å². The van der Waals surface area contributed by atoms with E-state index in [1.54, 1.807) is 11.5 Å². The molecule has 0 saturated carbocycles. The van der Waals surface area contributed by atoms with Gasteiger partial charge in [0.15, 0.2) is 5.82 Å². The molecule has 0 atom stereocenters. The summed E-state index contributed by atoms with van der Waals surface area (Å²) in [4.78, 5) is 17.0. The molecule has 0 spiro atoms. The lowest BCUT2D eigenvalue weighted by atomic mass is 9.77. The lowest BCUT2D eigenvalue weighted by molar-refractivity contribution is 0.0516. The van der Waals surface area contributed by atoms with Crippen LogP contribution in [-0.2, 0) is 23.2 Å². The third-order valence-corrected chi connectivity index (χ3v) is 9.38. The molecule has 2 aromatic heterocycles. The fourth-order valence-corrected chi connectivity index (χ4v) is 6.91. The molecule has 0 unspecified atom stereocenters. The summed E-state index contributed by atoms with van der Waals surface area (Å²) < 4.78 is 8.80. The zero-order valence-electron chi connectivity index (χ0n) is 29.3. The first-order valence-electron chi connectivity index (χ1n) is 17.7. The Labute approximate surface area is 303 Å². The molecule has 260 valence electrons. The van der Waals surface area contributed by atoms with Crippen LogP contribution in [0.2, 0.25) is 0 Å². The first-order valence-corrected chi connectivity index (χ1v) is 17.7. The number of aryl methyl sites for hydroxylation is 1. The average molecular weight is 689 g/mol. The molecule has 52 heavy (non-hydrogen) atoms. The van der Waals surface area contributed by atoms with Gasteiger partial charge in [-0.25, -0.2) is 14.5 Å². The van der Waals surface area contributed by atoms with Gasteiger partial charge in [-0.15, -0.1) is 5.10 Å². The van der Waals surface area contributed by atoms with E-state index in [-0.39, 0.29) is 18.2 Å². The monoisotopic (exact) mass is 688 g/mol. The van der Waals surface area contributed by atoms with Crippen LogP contribution in [0.1, 0.15) is 65.3 Å². The normalized spacial score (nSPS) is 11.4. The number of esters is 1. The Morgan fingerprint density at radius 1 is 0.731 bits per heavy atom. The van der Waals surface area contributed by atoms with Gasteiger partial charge in [0.2, 0.25) is 11.6 Å². The molecule has 0 aliphatic rings. The maximum atomic E-state index is 12.5. The van der Waals surface area contributed by atoms with Gasteiger partial charge >= 0.3 is 5.97 Å². The van der Waals surface area contributed by atoms with E-state index in [0.717, 1.165) is 51.8 Å². The molecule has 0 aliphatic carbocycles. The van der Waals surface area contributed by atoms with E-state index < -0.39 is 11.5 Å². The highest BCUT2D eigenvalue weighted by atomic mass is 16.5. The predicted octanol–water partition coefficient (Wildman–Crippen LogP) is 8.32. The zero-order valence-corrected chi connectivity index (χ0v) is 29.3. The topological polar surface area (TPSA) is 108 Å². The first-order chi connectivity index (χ1) is 25.6. The van der Waals surface area contributed by atoms with E-state index in [9.17, 15) is 9.90 Å². The number of imidazole rings is 1. The highest BCUT2D eigenvalue weighted by Crippen LogP contribution is 2.43. The minimum atomic E-state index is -0.885. The molecule has 2 heterocycles. The first kappa shape index (κ1) is 34.1. The number of benzene rings is 5. The van der Waals surface area contributed by atoms with Gasteiger partial charge < -0.3 is 9.84 Å². The van der Waals surface area contributed by atoms with Gasteiger partial charge in [-0.3, -0.25) is 4.57 Å². The Kier molecular flexibility index (Phi) is 10.0. The largest absolute Gasteiger partial charge is 0.493 e. The molecule has 5 aromatic carbocycles. The standard InChI is InChI=1S/C43H40N6O3/c1-3-5-25-38-44-39(42(51)52-4-2)41(50)48(38)30-31-26-28-32(29-27-31)36-23-15-16-24-37(36)40-45-46-47-49(40)43(33-17-9-6-10-18-33,34-19-11-7-12-20-34)35-21-13-8-14-22-35/h6-24,26-29,50H,3-5,25,30H2,1-2H3. The Morgan fingerprint density at radius 3 is 1.85 bits per heavy atom. The molecule has 9 heteroatoms. The molecule has 1 N–H and O–H groups in total. The smallest absolute Gasteiger partial charge is 0.362 e. The van der Waals surface area contributed by atoms with Crippen LogP contribution in [0.15, 0.2) is 140 Å². The van der Waals surface area contributed by atoms with E-state index in [1.165, 1.54) is 0 Å². The van der Waals surface area contributed by atoms with Gasteiger partial charge in [-0.1, -0.05) is 153 Å². The van der Waals surface area contributed by atoms with Crippen LogP contribution in [0.4, 0.5) is 0 Å². The fraction of sp³-hybridized carbons (Fsp3) is 0.186. The zero-order chi connectivity index (χ0) is 35.9. The van der Waals surface area contributed by atoms with E-state index >= 15 is 0 Å². The van der Waals surface area contributed by atoms with Crippen molar-refractivity contribution in [3.05, 3.63) is 173 Å². The maximum absolute atomic E-state index is 12.5. The predicted molar refractivity (Wildman–Crippen MR) is 201 cm³/mol. The number of carbonyl (C=O) groups is 1. The number of carbonyl (C=O) groups excluding carboxylic acids is 1.